The fourth-order valence-electron chi connectivity index (χ4n) is 1.17. The number of alkyl halides is 3. The maximum absolute atomic E-state index is 12.3. The lowest BCUT2D eigenvalue weighted by molar-refractivity contribution is -0.141. The van der Waals surface area contributed by atoms with E-state index >= 15 is 0 Å². The predicted molar refractivity (Wildman–Crippen MR) is 58.8 cm³/mol. The van der Waals surface area contributed by atoms with Gasteiger partial charge in [-0.25, -0.2) is 0 Å². The number of rotatable bonds is 5. The fraction of sp³-hybridized carbons (Fsp3) is 0.600. The lowest BCUT2D eigenvalue weighted by Crippen LogP contribution is -2.38. The first kappa shape index (κ1) is 14.5. The minimum Gasteiger partial charge on any atom is -0.353 e. The Balaban J connectivity index is 2.48. The topological polar surface area (TPSA) is 58.9 Å². The number of carbonyl (C=O) groups is 1. The summed E-state index contributed by atoms with van der Waals surface area (Å²) in [6.45, 7) is 2.05. The second kappa shape index (κ2) is 5.85. The zero-order valence-electron chi connectivity index (χ0n) is 10.1. The molecule has 0 saturated heterocycles. The van der Waals surface area contributed by atoms with E-state index in [4.69, 9.17) is 0 Å². The fourth-order valence-corrected chi connectivity index (χ4v) is 1.17. The highest BCUT2D eigenvalue weighted by Crippen LogP contribution is 2.27. The highest BCUT2D eigenvalue weighted by atomic mass is 19.4. The van der Waals surface area contributed by atoms with Crippen molar-refractivity contribution in [3.05, 3.63) is 18.0 Å². The second-order valence-corrected chi connectivity index (χ2v) is 3.89. The first-order valence-electron chi connectivity index (χ1n) is 5.37. The molecule has 0 bridgehead atoms. The molecule has 1 amide bonds. The van der Waals surface area contributed by atoms with Gasteiger partial charge in [-0.1, -0.05) is 0 Å². The Morgan fingerprint density at radius 2 is 2.22 bits per heavy atom. The van der Waals surface area contributed by atoms with Gasteiger partial charge in [-0.2, -0.15) is 18.3 Å². The lowest BCUT2D eigenvalue weighted by Gasteiger charge is -2.11. The van der Waals surface area contributed by atoms with E-state index < -0.39 is 11.9 Å². The van der Waals surface area contributed by atoms with Crippen LogP contribution >= 0.6 is 0 Å². The third-order valence-corrected chi connectivity index (χ3v) is 2.33. The number of amides is 1. The van der Waals surface area contributed by atoms with Gasteiger partial charge in [0, 0.05) is 18.8 Å². The smallest absolute Gasteiger partial charge is 0.353 e. The summed E-state index contributed by atoms with van der Waals surface area (Å²) in [6.07, 6.45) is -3.35. The number of halogens is 3. The van der Waals surface area contributed by atoms with Gasteiger partial charge >= 0.3 is 6.18 Å². The molecular weight excluding hydrogens is 249 g/mol. The number of likely N-dealkylation sites (N-methyl/N-ethyl adjacent to an activating group) is 1. The molecule has 0 spiro atoms. The summed E-state index contributed by atoms with van der Waals surface area (Å²) in [7, 11) is 1.75. The van der Waals surface area contributed by atoms with Crippen molar-refractivity contribution in [3.8, 4) is 0 Å². The number of nitrogens with zero attached hydrogens (tertiary/aromatic N) is 2. The summed E-state index contributed by atoms with van der Waals surface area (Å²) in [5.41, 5.74) is -1.00. The third-order valence-electron chi connectivity index (χ3n) is 2.33. The average molecular weight is 264 g/mol. The third kappa shape index (κ3) is 4.36. The van der Waals surface area contributed by atoms with Crippen molar-refractivity contribution in [2.45, 2.75) is 25.7 Å². The largest absolute Gasteiger partial charge is 0.435 e. The van der Waals surface area contributed by atoms with Crippen molar-refractivity contribution in [1.29, 1.82) is 0 Å². The number of hydrogen-bond acceptors (Lipinski definition) is 3. The van der Waals surface area contributed by atoms with Gasteiger partial charge in [0.15, 0.2) is 5.69 Å². The highest BCUT2D eigenvalue weighted by molar-refractivity contribution is 5.75. The van der Waals surface area contributed by atoms with Crippen LogP contribution in [0.25, 0.3) is 0 Å². The van der Waals surface area contributed by atoms with Crippen molar-refractivity contribution in [2.75, 3.05) is 13.6 Å². The molecular formula is C10H15F3N4O. The van der Waals surface area contributed by atoms with Gasteiger partial charge in [0.05, 0.1) is 0 Å². The van der Waals surface area contributed by atoms with Crippen LogP contribution in [0.15, 0.2) is 12.3 Å². The van der Waals surface area contributed by atoms with Crippen LogP contribution in [-0.2, 0) is 17.5 Å². The lowest BCUT2D eigenvalue weighted by atomic mass is 10.3. The summed E-state index contributed by atoms with van der Waals surface area (Å²) in [4.78, 5) is 11.4. The van der Waals surface area contributed by atoms with E-state index in [0.717, 1.165) is 16.9 Å². The molecule has 0 aliphatic heterocycles. The molecule has 8 heteroatoms. The molecule has 2 N–H and O–H groups in total. The highest BCUT2D eigenvalue weighted by Gasteiger charge is 2.33. The van der Waals surface area contributed by atoms with E-state index in [0.29, 0.717) is 6.54 Å². The Bertz CT molecular complexity index is 402. The standard InChI is InChI=1S/C10H15F3N4O/c1-7(14-2)5-15-9(18)6-17-4-3-8(16-17)10(11,12)13/h3-4,7,14H,5-6H2,1-2H3,(H,15,18). The quantitative estimate of drug-likeness (QED) is 0.820. The molecule has 0 fully saturated rings. The van der Waals surface area contributed by atoms with Gasteiger partial charge in [-0.05, 0) is 20.0 Å². The Morgan fingerprint density at radius 3 is 2.72 bits per heavy atom. The summed E-state index contributed by atoms with van der Waals surface area (Å²) >= 11 is 0. The molecule has 0 radical (unpaired) electrons. The van der Waals surface area contributed by atoms with Gasteiger partial charge in [-0.15, -0.1) is 0 Å². The Labute approximate surface area is 102 Å². The molecule has 1 rings (SSSR count). The van der Waals surface area contributed by atoms with Crippen LogP contribution in [0.2, 0.25) is 0 Å². The molecule has 0 aliphatic rings. The SMILES string of the molecule is CNC(C)CNC(=O)Cn1ccc(C(F)(F)F)n1. The molecule has 1 aromatic heterocycles. The normalized spacial score (nSPS) is 13.4. The summed E-state index contributed by atoms with van der Waals surface area (Å²) in [5.74, 6) is -0.381. The van der Waals surface area contributed by atoms with E-state index in [1.807, 2.05) is 6.92 Å². The zero-order valence-corrected chi connectivity index (χ0v) is 10.1. The summed E-state index contributed by atoms with van der Waals surface area (Å²) in [5, 5.41) is 8.79. The molecule has 0 saturated carbocycles. The zero-order chi connectivity index (χ0) is 13.8. The van der Waals surface area contributed by atoms with Gasteiger partial charge in [-0.3, -0.25) is 9.48 Å². The van der Waals surface area contributed by atoms with Crippen LogP contribution in [-0.4, -0.2) is 35.3 Å². The van der Waals surface area contributed by atoms with Crippen LogP contribution in [0.3, 0.4) is 0 Å². The Hall–Kier alpha value is -1.57. The van der Waals surface area contributed by atoms with Crippen molar-refractivity contribution < 1.29 is 18.0 Å². The molecule has 1 heterocycles. The van der Waals surface area contributed by atoms with Gasteiger partial charge < -0.3 is 10.6 Å². The molecule has 102 valence electrons. The van der Waals surface area contributed by atoms with E-state index in [-0.39, 0.29) is 18.5 Å². The molecule has 0 aromatic carbocycles. The van der Waals surface area contributed by atoms with Gasteiger partial charge in [0.2, 0.25) is 5.91 Å². The van der Waals surface area contributed by atoms with Crippen LogP contribution in [0.4, 0.5) is 13.2 Å². The first-order valence-corrected chi connectivity index (χ1v) is 5.37. The number of nitrogens with one attached hydrogen (secondary N) is 2. The predicted octanol–water partition coefficient (Wildman–Crippen LogP) is 0.626. The van der Waals surface area contributed by atoms with Crippen molar-refractivity contribution >= 4 is 5.91 Å². The molecule has 5 nitrogen and oxygen atoms in total. The maximum atomic E-state index is 12.3. The average Bonchev–Trinajstić information content (AvgIpc) is 2.74. The molecule has 0 aliphatic carbocycles. The van der Waals surface area contributed by atoms with Crippen LogP contribution < -0.4 is 10.6 Å². The van der Waals surface area contributed by atoms with E-state index in [1.54, 1.807) is 7.05 Å². The Kier molecular flexibility index (Phi) is 4.71. The number of aromatic nitrogens is 2. The molecule has 1 unspecified atom stereocenters. The molecule has 1 atom stereocenters. The molecule has 1 aromatic rings. The Morgan fingerprint density at radius 1 is 1.56 bits per heavy atom. The summed E-state index contributed by atoms with van der Waals surface area (Å²) < 4.78 is 37.7. The monoisotopic (exact) mass is 264 g/mol. The minimum atomic E-state index is -4.48. The van der Waals surface area contributed by atoms with E-state index in [1.165, 1.54) is 0 Å². The van der Waals surface area contributed by atoms with Crippen LogP contribution in [0, 0.1) is 0 Å². The maximum Gasteiger partial charge on any atom is 0.435 e. The van der Waals surface area contributed by atoms with Crippen molar-refractivity contribution in [2.24, 2.45) is 0 Å². The minimum absolute atomic E-state index is 0.0947. The van der Waals surface area contributed by atoms with E-state index in [9.17, 15) is 18.0 Å². The van der Waals surface area contributed by atoms with Crippen LogP contribution in [0.1, 0.15) is 12.6 Å². The number of hydrogen-bond donors (Lipinski definition) is 2. The van der Waals surface area contributed by atoms with Crippen molar-refractivity contribution in [3.63, 3.8) is 0 Å². The molecule has 18 heavy (non-hydrogen) atoms. The number of carbonyl (C=O) groups excluding carboxylic acids is 1. The van der Waals surface area contributed by atoms with Crippen molar-refractivity contribution in [1.82, 2.24) is 20.4 Å². The van der Waals surface area contributed by atoms with Crippen LogP contribution in [0.5, 0.6) is 0 Å². The second-order valence-electron chi connectivity index (χ2n) is 3.89. The van der Waals surface area contributed by atoms with Gasteiger partial charge in [0.1, 0.15) is 6.54 Å². The first-order chi connectivity index (χ1) is 8.32. The van der Waals surface area contributed by atoms with E-state index in [2.05, 4.69) is 15.7 Å². The summed E-state index contributed by atoms with van der Waals surface area (Å²) in [6, 6.07) is 0.932. The van der Waals surface area contributed by atoms with Gasteiger partial charge in [0.25, 0.3) is 0 Å².